The maximum atomic E-state index is 12.3. The Labute approximate surface area is 139 Å². The molecule has 3 rings (SSSR count). The number of aliphatic hydroxyl groups is 1. The van der Waals surface area contributed by atoms with Crippen molar-refractivity contribution in [2.24, 2.45) is 0 Å². The molecule has 114 valence electrons. The summed E-state index contributed by atoms with van der Waals surface area (Å²) in [6.07, 6.45) is 0. The molecule has 0 saturated heterocycles. The average Bonchev–Trinajstić information content (AvgIpc) is 3.19. The molecule has 2 aromatic heterocycles. The maximum Gasteiger partial charge on any atom is 0.124 e. The Kier molecular flexibility index (Phi) is 5.15. The number of hydrogen-bond acceptors (Lipinski definition) is 5. The minimum absolute atomic E-state index is 0.0353. The first-order chi connectivity index (χ1) is 10.7. The van der Waals surface area contributed by atoms with Gasteiger partial charge in [0.25, 0.3) is 0 Å². The van der Waals surface area contributed by atoms with Gasteiger partial charge in [-0.3, -0.25) is 4.21 Å². The molecule has 1 unspecified atom stereocenters. The number of nitrogens with zero attached hydrogens (tertiary/aromatic N) is 1. The Balaban J connectivity index is 1.61. The monoisotopic (exact) mass is 349 g/mol. The fraction of sp³-hybridized carbons (Fsp3) is 0.188. The standard InChI is InChI=1S/C16H15NO2S3/c18-7-12-1-3-13(4-2-12)10-22(19)11-15-9-21-16(17-15)14-5-6-20-8-14/h1-6,8-9,18H,7,10-11H2. The van der Waals surface area contributed by atoms with Crippen molar-refractivity contribution in [3.05, 3.63) is 63.3 Å². The lowest BCUT2D eigenvalue weighted by molar-refractivity contribution is 0.282. The summed E-state index contributed by atoms with van der Waals surface area (Å²) in [6.45, 7) is 0.0353. The van der Waals surface area contributed by atoms with Crippen LogP contribution in [0.15, 0.2) is 46.5 Å². The molecule has 1 N–H and O–H groups in total. The molecule has 0 saturated carbocycles. The Morgan fingerprint density at radius 2 is 1.82 bits per heavy atom. The highest BCUT2D eigenvalue weighted by Gasteiger charge is 2.09. The predicted octanol–water partition coefficient (Wildman–Crippen LogP) is 3.81. The summed E-state index contributed by atoms with van der Waals surface area (Å²) in [7, 11) is -0.980. The quantitative estimate of drug-likeness (QED) is 0.736. The number of aromatic nitrogens is 1. The van der Waals surface area contributed by atoms with E-state index in [1.54, 1.807) is 22.7 Å². The zero-order valence-corrected chi connectivity index (χ0v) is 14.2. The van der Waals surface area contributed by atoms with Gasteiger partial charge in [0, 0.05) is 32.9 Å². The molecule has 0 amide bonds. The van der Waals surface area contributed by atoms with Gasteiger partial charge in [0.2, 0.25) is 0 Å². The molecule has 0 aliphatic carbocycles. The fourth-order valence-corrected chi connectivity index (χ4v) is 4.82. The van der Waals surface area contributed by atoms with Crippen LogP contribution in [0.1, 0.15) is 16.8 Å². The van der Waals surface area contributed by atoms with E-state index in [4.69, 9.17) is 5.11 Å². The van der Waals surface area contributed by atoms with Crippen LogP contribution in [0.5, 0.6) is 0 Å². The molecule has 3 nitrogen and oxygen atoms in total. The normalized spacial score (nSPS) is 12.4. The van der Waals surface area contributed by atoms with E-state index in [-0.39, 0.29) is 6.61 Å². The van der Waals surface area contributed by atoms with E-state index in [9.17, 15) is 4.21 Å². The van der Waals surface area contributed by atoms with Gasteiger partial charge in [-0.1, -0.05) is 24.3 Å². The van der Waals surface area contributed by atoms with E-state index in [0.29, 0.717) is 11.5 Å². The van der Waals surface area contributed by atoms with Gasteiger partial charge in [0.1, 0.15) is 5.01 Å². The van der Waals surface area contributed by atoms with Gasteiger partial charge in [0.05, 0.1) is 18.1 Å². The number of rotatable bonds is 6. The molecule has 3 aromatic rings. The zero-order chi connectivity index (χ0) is 15.4. The second-order valence-corrected chi connectivity index (χ2v) is 7.95. The summed E-state index contributed by atoms with van der Waals surface area (Å²) in [5.74, 6) is 0.986. The van der Waals surface area contributed by atoms with Crippen molar-refractivity contribution >= 4 is 33.5 Å². The summed E-state index contributed by atoms with van der Waals surface area (Å²) in [4.78, 5) is 4.56. The zero-order valence-electron chi connectivity index (χ0n) is 11.8. The number of benzene rings is 1. The second-order valence-electron chi connectivity index (χ2n) is 4.86. The summed E-state index contributed by atoms with van der Waals surface area (Å²) >= 11 is 3.25. The SMILES string of the molecule is O=S(Cc1ccc(CO)cc1)Cc1csc(-c2ccsc2)n1. The largest absolute Gasteiger partial charge is 0.392 e. The molecule has 0 aliphatic rings. The van der Waals surface area contributed by atoms with Gasteiger partial charge in [0.15, 0.2) is 0 Å². The molecule has 0 bridgehead atoms. The van der Waals surface area contributed by atoms with Crippen molar-refractivity contribution in [2.75, 3.05) is 0 Å². The fourth-order valence-electron chi connectivity index (χ4n) is 2.03. The van der Waals surface area contributed by atoms with E-state index >= 15 is 0 Å². The topological polar surface area (TPSA) is 50.2 Å². The van der Waals surface area contributed by atoms with Crippen LogP contribution in [-0.2, 0) is 28.9 Å². The molecule has 6 heteroatoms. The molecule has 0 fully saturated rings. The van der Waals surface area contributed by atoms with E-state index in [0.717, 1.165) is 27.4 Å². The Bertz CT molecular complexity index is 748. The molecule has 0 aliphatic heterocycles. The van der Waals surface area contributed by atoms with Gasteiger partial charge in [-0.15, -0.1) is 11.3 Å². The summed E-state index contributed by atoms with van der Waals surface area (Å²) in [5, 5.41) is 16.1. The summed E-state index contributed by atoms with van der Waals surface area (Å²) in [5.41, 5.74) is 3.90. The minimum Gasteiger partial charge on any atom is -0.392 e. The first-order valence-corrected chi connectivity index (χ1v) is 10.1. The summed E-state index contributed by atoms with van der Waals surface area (Å²) < 4.78 is 12.3. The van der Waals surface area contributed by atoms with Crippen LogP contribution in [0.2, 0.25) is 0 Å². The predicted molar refractivity (Wildman–Crippen MR) is 93.3 cm³/mol. The third-order valence-electron chi connectivity index (χ3n) is 3.16. The molecule has 2 heterocycles. The van der Waals surface area contributed by atoms with Crippen molar-refractivity contribution in [3.63, 3.8) is 0 Å². The number of hydrogen-bond donors (Lipinski definition) is 1. The smallest absolute Gasteiger partial charge is 0.124 e. The Morgan fingerprint density at radius 3 is 2.50 bits per heavy atom. The molecular weight excluding hydrogens is 334 g/mol. The highest BCUT2D eigenvalue weighted by molar-refractivity contribution is 7.83. The highest BCUT2D eigenvalue weighted by atomic mass is 32.2. The van der Waals surface area contributed by atoms with Crippen LogP contribution in [0.3, 0.4) is 0 Å². The second kappa shape index (κ2) is 7.28. The van der Waals surface area contributed by atoms with Crippen LogP contribution in [0.25, 0.3) is 10.6 Å². The minimum atomic E-state index is -0.980. The van der Waals surface area contributed by atoms with E-state index < -0.39 is 10.8 Å². The Morgan fingerprint density at radius 1 is 1.05 bits per heavy atom. The van der Waals surface area contributed by atoms with E-state index in [2.05, 4.69) is 10.4 Å². The molecule has 1 aromatic carbocycles. The average molecular weight is 350 g/mol. The molecule has 0 radical (unpaired) electrons. The van der Waals surface area contributed by atoms with Crippen LogP contribution in [0.4, 0.5) is 0 Å². The van der Waals surface area contributed by atoms with E-state index in [1.165, 1.54) is 0 Å². The first kappa shape index (κ1) is 15.6. The number of aliphatic hydroxyl groups excluding tert-OH is 1. The molecular formula is C16H15NO2S3. The van der Waals surface area contributed by atoms with Gasteiger partial charge in [-0.05, 0) is 22.6 Å². The van der Waals surface area contributed by atoms with Crippen LogP contribution >= 0.6 is 22.7 Å². The van der Waals surface area contributed by atoms with Gasteiger partial charge in [-0.2, -0.15) is 11.3 Å². The summed E-state index contributed by atoms with van der Waals surface area (Å²) in [6, 6.07) is 9.61. The molecule has 22 heavy (non-hydrogen) atoms. The van der Waals surface area contributed by atoms with E-state index in [1.807, 2.05) is 41.1 Å². The van der Waals surface area contributed by atoms with Crippen molar-refractivity contribution in [1.29, 1.82) is 0 Å². The molecule has 0 spiro atoms. The third-order valence-corrected chi connectivity index (χ3v) is 6.06. The maximum absolute atomic E-state index is 12.3. The van der Waals surface area contributed by atoms with Crippen molar-refractivity contribution in [2.45, 2.75) is 18.1 Å². The van der Waals surface area contributed by atoms with Crippen molar-refractivity contribution < 1.29 is 9.32 Å². The lowest BCUT2D eigenvalue weighted by atomic mass is 10.2. The van der Waals surface area contributed by atoms with Gasteiger partial charge >= 0.3 is 0 Å². The van der Waals surface area contributed by atoms with Crippen LogP contribution < -0.4 is 0 Å². The van der Waals surface area contributed by atoms with Crippen molar-refractivity contribution in [1.82, 2.24) is 4.98 Å². The highest BCUT2D eigenvalue weighted by Crippen LogP contribution is 2.26. The lowest BCUT2D eigenvalue weighted by Crippen LogP contribution is -2.00. The first-order valence-electron chi connectivity index (χ1n) is 6.75. The van der Waals surface area contributed by atoms with Crippen LogP contribution in [0, 0.1) is 0 Å². The number of thiazole rings is 1. The van der Waals surface area contributed by atoms with Crippen molar-refractivity contribution in [3.8, 4) is 10.6 Å². The lowest BCUT2D eigenvalue weighted by Gasteiger charge is -2.02. The third kappa shape index (κ3) is 3.89. The van der Waals surface area contributed by atoms with Gasteiger partial charge < -0.3 is 5.11 Å². The molecule has 1 atom stereocenters. The van der Waals surface area contributed by atoms with Gasteiger partial charge in [-0.25, -0.2) is 4.98 Å². The number of thiophene rings is 1. The Hall–Kier alpha value is -1.34. The van der Waals surface area contributed by atoms with Crippen LogP contribution in [-0.4, -0.2) is 14.3 Å².